The predicted octanol–water partition coefficient (Wildman–Crippen LogP) is 1.10. The average molecular weight is 145 g/mol. The summed E-state index contributed by atoms with van der Waals surface area (Å²) in [5.41, 5.74) is 0. The normalized spacial score (nSPS) is 14.7. The monoisotopic (exact) mass is 145 g/mol. The fraction of sp³-hybridized carbons (Fsp3) is 1.00. The number of nitrogens with zero attached hydrogens (tertiary/aromatic N) is 1. The molecule has 0 aliphatic heterocycles. The quantitative estimate of drug-likeness (QED) is 0.640. The molecule has 62 valence electrons. The van der Waals surface area contributed by atoms with Crippen LogP contribution in [0.4, 0.5) is 0 Å². The molecule has 0 aliphatic carbocycles. The van der Waals surface area contributed by atoms with Crippen molar-refractivity contribution in [2.24, 2.45) is 0 Å². The van der Waals surface area contributed by atoms with Gasteiger partial charge in [-0.2, -0.15) is 0 Å². The summed E-state index contributed by atoms with van der Waals surface area (Å²) in [6.07, 6.45) is 0. The molecule has 0 fully saturated rings. The first-order valence-electron chi connectivity index (χ1n) is 4.00. The molecule has 0 radical (unpaired) electrons. The van der Waals surface area contributed by atoms with E-state index < -0.39 is 0 Å². The number of hydrogen-bond acceptors (Lipinski definition) is 2. The van der Waals surface area contributed by atoms with Crippen molar-refractivity contribution in [1.82, 2.24) is 4.90 Å². The lowest BCUT2D eigenvalue weighted by atomic mass is 10.2. The molecule has 0 heterocycles. The Balaban J connectivity index is 3.80. The van der Waals surface area contributed by atoms with Gasteiger partial charge in [0.1, 0.15) is 0 Å². The van der Waals surface area contributed by atoms with Gasteiger partial charge in [0.15, 0.2) is 0 Å². The molecule has 0 spiro atoms. The summed E-state index contributed by atoms with van der Waals surface area (Å²) in [5.74, 6) is 0. The molecule has 2 nitrogen and oxygen atoms in total. The Morgan fingerprint density at radius 2 is 1.80 bits per heavy atom. The average Bonchev–Trinajstić information content (AvgIpc) is 1.88. The Kier molecular flexibility index (Phi) is 4.65. The molecular formula is C8H19NO. The van der Waals surface area contributed by atoms with Gasteiger partial charge in [0, 0.05) is 12.1 Å². The molecule has 10 heavy (non-hydrogen) atoms. The third-order valence-corrected chi connectivity index (χ3v) is 1.86. The van der Waals surface area contributed by atoms with Crippen LogP contribution in [0.25, 0.3) is 0 Å². The van der Waals surface area contributed by atoms with Crippen molar-refractivity contribution in [1.29, 1.82) is 0 Å². The molecule has 1 unspecified atom stereocenters. The van der Waals surface area contributed by atoms with Crippen LogP contribution in [0.2, 0.25) is 0 Å². The highest BCUT2D eigenvalue weighted by Gasteiger charge is 2.12. The van der Waals surface area contributed by atoms with E-state index in [0.29, 0.717) is 12.1 Å². The van der Waals surface area contributed by atoms with E-state index >= 15 is 0 Å². The van der Waals surface area contributed by atoms with Gasteiger partial charge in [0.25, 0.3) is 0 Å². The Morgan fingerprint density at radius 3 is 1.90 bits per heavy atom. The number of likely N-dealkylation sites (N-methyl/N-ethyl adjacent to an activating group) is 1. The fourth-order valence-electron chi connectivity index (χ4n) is 1.29. The molecule has 0 rings (SSSR count). The van der Waals surface area contributed by atoms with Gasteiger partial charge in [-0.05, 0) is 27.3 Å². The molecule has 1 N–H and O–H groups in total. The highest BCUT2D eigenvalue weighted by molar-refractivity contribution is 4.67. The summed E-state index contributed by atoms with van der Waals surface area (Å²) < 4.78 is 0. The second-order valence-corrected chi connectivity index (χ2v) is 2.96. The Labute approximate surface area is 63.8 Å². The van der Waals surface area contributed by atoms with E-state index in [-0.39, 0.29) is 6.61 Å². The minimum atomic E-state index is 0.256. The smallest absolute Gasteiger partial charge is 0.0584 e. The molecule has 0 aliphatic rings. The van der Waals surface area contributed by atoms with Crippen LogP contribution in [0.1, 0.15) is 27.7 Å². The summed E-state index contributed by atoms with van der Waals surface area (Å²) in [7, 11) is 0. The summed E-state index contributed by atoms with van der Waals surface area (Å²) >= 11 is 0. The predicted molar refractivity (Wildman–Crippen MR) is 44.1 cm³/mol. The van der Waals surface area contributed by atoms with Crippen molar-refractivity contribution in [2.45, 2.75) is 39.8 Å². The lowest BCUT2D eigenvalue weighted by Gasteiger charge is -2.29. The zero-order valence-corrected chi connectivity index (χ0v) is 7.46. The van der Waals surface area contributed by atoms with Crippen molar-refractivity contribution in [3.05, 3.63) is 0 Å². The first-order chi connectivity index (χ1) is 4.63. The van der Waals surface area contributed by atoms with Crippen molar-refractivity contribution < 1.29 is 5.11 Å². The van der Waals surface area contributed by atoms with E-state index in [9.17, 15) is 0 Å². The van der Waals surface area contributed by atoms with Gasteiger partial charge in [-0.1, -0.05) is 6.92 Å². The molecular weight excluding hydrogens is 126 g/mol. The van der Waals surface area contributed by atoms with Crippen LogP contribution >= 0.6 is 0 Å². The second-order valence-electron chi connectivity index (χ2n) is 2.96. The standard InChI is InChI=1S/C8H19NO/c1-5-9(7(2)3)8(4)6-10/h7-8,10H,5-6H2,1-4H3. The van der Waals surface area contributed by atoms with Crippen molar-refractivity contribution in [3.8, 4) is 0 Å². The molecule has 0 amide bonds. The molecule has 0 saturated heterocycles. The SMILES string of the molecule is CCN(C(C)C)C(C)CO. The zero-order valence-electron chi connectivity index (χ0n) is 7.46. The third-order valence-electron chi connectivity index (χ3n) is 1.86. The molecule has 0 bridgehead atoms. The lowest BCUT2D eigenvalue weighted by Crippen LogP contribution is -2.40. The maximum Gasteiger partial charge on any atom is 0.0584 e. The highest BCUT2D eigenvalue weighted by Crippen LogP contribution is 2.02. The van der Waals surface area contributed by atoms with E-state index in [1.165, 1.54) is 0 Å². The highest BCUT2D eigenvalue weighted by atomic mass is 16.3. The van der Waals surface area contributed by atoms with Crippen LogP contribution in [0.15, 0.2) is 0 Å². The number of hydrogen-bond donors (Lipinski definition) is 1. The van der Waals surface area contributed by atoms with E-state index in [1.54, 1.807) is 0 Å². The van der Waals surface area contributed by atoms with Crippen molar-refractivity contribution >= 4 is 0 Å². The van der Waals surface area contributed by atoms with E-state index in [2.05, 4.69) is 25.7 Å². The minimum Gasteiger partial charge on any atom is -0.395 e. The summed E-state index contributed by atoms with van der Waals surface area (Å²) in [6.45, 7) is 9.73. The largest absolute Gasteiger partial charge is 0.395 e. The first-order valence-corrected chi connectivity index (χ1v) is 4.00. The molecule has 2 heteroatoms. The van der Waals surface area contributed by atoms with Crippen LogP contribution in [-0.2, 0) is 0 Å². The molecule has 1 atom stereocenters. The maximum atomic E-state index is 8.84. The van der Waals surface area contributed by atoms with E-state index in [1.807, 2.05) is 6.92 Å². The van der Waals surface area contributed by atoms with E-state index in [4.69, 9.17) is 5.11 Å². The second kappa shape index (κ2) is 4.69. The van der Waals surface area contributed by atoms with Crippen LogP contribution in [0.5, 0.6) is 0 Å². The number of rotatable bonds is 4. The number of aliphatic hydroxyl groups is 1. The Hall–Kier alpha value is -0.0800. The summed E-state index contributed by atoms with van der Waals surface area (Å²) in [4.78, 5) is 2.26. The van der Waals surface area contributed by atoms with Crippen molar-refractivity contribution in [3.63, 3.8) is 0 Å². The third kappa shape index (κ3) is 2.67. The molecule has 0 aromatic rings. The lowest BCUT2D eigenvalue weighted by molar-refractivity contribution is 0.112. The van der Waals surface area contributed by atoms with Gasteiger partial charge in [-0.3, -0.25) is 4.90 Å². The van der Waals surface area contributed by atoms with Crippen molar-refractivity contribution in [2.75, 3.05) is 13.2 Å². The van der Waals surface area contributed by atoms with E-state index in [0.717, 1.165) is 6.54 Å². The summed E-state index contributed by atoms with van der Waals surface area (Å²) in [5, 5.41) is 8.84. The van der Waals surface area contributed by atoms with Crippen LogP contribution in [-0.4, -0.2) is 35.2 Å². The Bertz CT molecular complexity index is 83.3. The van der Waals surface area contributed by atoms with Crippen LogP contribution in [0, 0.1) is 0 Å². The molecule has 0 aromatic carbocycles. The molecule has 0 aromatic heterocycles. The van der Waals surface area contributed by atoms with Gasteiger partial charge in [0.2, 0.25) is 0 Å². The number of aliphatic hydroxyl groups excluding tert-OH is 1. The van der Waals surface area contributed by atoms with Gasteiger partial charge in [-0.15, -0.1) is 0 Å². The Morgan fingerprint density at radius 1 is 1.30 bits per heavy atom. The van der Waals surface area contributed by atoms with Crippen LogP contribution < -0.4 is 0 Å². The summed E-state index contributed by atoms with van der Waals surface area (Å²) in [6, 6.07) is 0.831. The van der Waals surface area contributed by atoms with Gasteiger partial charge < -0.3 is 5.11 Å². The van der Waals surface area contributed by atoms with Crippen LogP contribution in [0.3, 0.4) is 0 Å². The van der Waals surface area contributed by atoms with Gasteiger partial charge in [-0.25, -0.2) is 0 Å². The molecule has 0 saturated carbocycles. The first kappa shape index (κ1) is 9.92. The zero-order chi connectivity index (χ0) is 8.15. The van der Waals surface area contributed by atoms with Gasteiger partial charge in [0.05, 0.1) is 6.61 Å². The van der Waals surface area contributed by atoms with Gasteiger partial charge >= 0.3 is 0 Å². The fourth-order valence-corrected chi connectivity index (χ4v) is 1.29. The topological polar surface area (TPSA) is 23.5 Å². The minimum absolute atomic E-state index is 0.256. The maximum absolute atomic E-state index is 8.84.